The van der Waals surface area contributed by atoms with Crippen molar-refractivity contribution in [3.8, 4) is 0 Å². The number of carbonyl (C=O) groups is 2. The number of allylic oxidation sites excluding steroid dienone is 6. The number of aliphatic hydroxyl groups is 1. The van der Waals surface area contributed by atoms with Crippen molar-refractivity contribution in [3.05, 3.63) is 34.9 Å². The van der Waals surface area contributed by atoms with Crippen molar-refractivity contribution < 1.29 is 19.4 Å². The van der Waals surface area contributed by atoms with E-state index in [9.17, 15) is 14.7 Å². The first-order valence-electron chi connectivity index (χ1n) is 9.92. The van der Waals surface area contributed by atoms with Crippen molar-refractivity contribution >= 4 is 11.6 Å². The quantitative estimate of drug-likeness (QED) is 0.599. The number of hydrogen-bond donors (Lipinski definition) is 1. The number of carbonyl (C=O) groups excluding carboxylic acids is 2. The summed E-state index contributed by atoms with van der Waals surface area (Å²) in [6.07, 6.45) is 8.79. The van der Waals surface area contributed by atoms with Gasteiger partial charge < -0.3 is 9.84 Å². The number of rotatable bonds is 9. The fraction of sp³-hybridized carbons (Fsp3) is 0.652. The van der Waals surface area contributed by atoms with Crippen LogP contribution >= 0.6 is 0 Å². The van der Waals surface area contributed by atoms with E-state index in [1.165, 1.54) is 23.8 Å². The van der Waals surface area contributed by atoms with E-state index in [1.54, 1.807) is 6.92 Å². The Balaban J connectivity index is 2.55. The molecular weight excluding hydrogens is 340 g/mol. The van der Waals surface area contributed by atoms with Gasteiger partial charge in [0, 0.05) is 18.9 Å². The lowest BCUT2D eigenvalue weighted by molar-refractivity contribution is -0.160. The highest BCUT2D eigenvalue weighted by Crippen LogP contribution is 2.29. The molecule has 152 valence electrons. The molecule has 1 saturated carbocycles. The van der Waals surface area contributed by atoms with E-state index < -0.39 is 24.0 Å². The Morgan fingerprint density at radius 1 is 0.963 bits per heavy atom. The van der Waals surface area contributed by atoms with Crippen molar-refractivity contribution in [2.75, 3.05) is 7.11 Å². The number of Topliss-reactive ketones (excluding diaryl/α,β-unsaturated/α-hetero) is 2. The molecule has 1 aliphatic rings. The summed E-state index contributed by atoms with van der Waals surface area (Å²) >= 11 is 0. The second kappa shape index (κ2) is 11.4. The maximum Gasteiger partial charge on any atom is 0.168 e. The van der Waals surface area contributed by atoms with Crippen molar-refractivity contribution in [2.45, 2.75) is 78.9 Å². The third-order valence-electron chi connectivity index (χ3n) is 5.37. The Kier molecular flexibility index (Phi) is 9.89. The van der Waals surface area contributed by atoms with Gasteiger partial charge in [0.15, 0.2) is 11.6 Å². The Bertz CT molecular complexity index is 608. The highest BCUT2D eigenvalue weighted by Gasteiger charge is 2.46. The Morgan fingerprint density at radius 2 is 1.52 bits per heavy atom. The van der Waals surface area contributed by atoms with Gasteiger partial charge in [0.05, 0.1) is 0 Å². The second-order valence-corrected chi connectivity index (χ2v) is 8.00. The van der Waals surface area contributed by atoms with E-state index in [1.807, 2.05) is 6.08 Å². The smallest absolute Gasteiger partial charge is 0.168 e. The molecule has 0 saturated heterocycles. The van der Waals surface area contributed by atoms with Crippen LogP contribution in [0.15, 0.2) is 34.9 Å². The van der Waals surface area contributed by atoms with E-state index >= 15 is 0 Å². The molecule has 0 heterocycles. The van der Waals surface area contributed by atoms with Crippen LogP contribution in [0.5, 0.6) is 0 Å². The first-order chi connectivity index (χ1) is 12.7. The van der Waals surface area contributed by atoms with Crippen LogP contribution < -0.4 is 0 Å². The predicted octanol–water partition coefficient (Wildman–Crippen LogP) is 4.58. The predicted molar refractivity (Wildman–Crippen MR) is 110 cm³/mol. The van der Waals surface area contributed by atoms with E-state index in [0.29, 0.717) is 6.42 Å². The van der Waals surface area contributed by atoms with E-state index in [0.717, 1.165) is 25.7 Å². The van der Waals surface area contributed by atoms with E-state index in [2.05, 4.69) is 39.8 Å². The Labute approximate surface area is 164 Å². The molecule has 1 fully saturated rings. The molecule has 1 aliphatic carbocycles. The molecule has 4 atom stereocenters. The van der Waals surface area contributed by atoms with E-state index in [4.69, 9.17) is 4.74 Å². The normalized spacial score (nSPS) is 27.1. The molecule has 0 radical (unpaired) electrons. The number of aliphatic hydroxyl groups excluding tert-OH is 1. The molecule has 4 nitrogen and oxygen atoms in total. The van der Waals surface area contributed by atoms with Crippen LogP contribution in [0.1, 0.15) is 66.7 Å². The summed E-state index contributed by atoms with van der Waals surface area (Å²) in [4.78, 5) is 24.7. The molecule has 27 heavy (non-hydrogen) atoms. The zero-order chi connectivity index (χ0) is 20.6. The van der Waals surface area contributed by atoms with E-state index in [-0.39, 0.29) is 11.6 Å². The molecule has 0 aromatic carbocycles. The van der Waals surface area contributed by atoms with Gasteiger partial charge in [-0.05, 0) is 59.8 Å². The first-order valence-corrected chi connectivity index (χ1v) is 9.92. The average molecular weight is 377 g/mol. The zero-order valence-electron chi connectivity index (χ0n) is 17.7. The van der Waals surface area contributed by atoms with Gasteiger partial charge in [-0.2, -0.15) is 0 Å². The maximum atomic E-state index is 12.4. The summed E-state index contributed by atoms with van der Waals surface area (Å²) < 4.78 is 5.00. The molecule has 4 heteroatoms. The second-order valence-electron chi connectivity index (χ2n) is 8.00. The van der Waals surface area contributed by atoms with Gasteiger partial charge in [-0.25, -0.2) is 0 Å². The van der Waals surface area contributed by atoms with Crippen LogP contribution in [0.3, 0.4) is 0 Å². The summed E-state index contributed by atoms with van der Waals surface area (Å²) in [7, 11) is 1.35. The third-order valence-corrected chi connectivity index (χ3v) is 5.37. The van der Waals surface area contributed by atoms with Crippen LogP contribution in [0.2, 0.25) is 0 Å². The number of methoxy groups -OCH3 is 1. The SMILES string of the molecule is COC1C(=O)C(C)C(CC=C(C)CCC=C(C)CCC=C(C)C)C(=O)C1O. The monoisotopic (exact) mass is 376 g/mol. The minimum absolute atomic E-state index is 0.185. The molecule has 4 unspecified atom stereocenters. The molecule has 0 bridgehead atoms. The molecule has 0 aromatic heterocycles. The lowest BCUT2D eigenvalue weighted by Gasteiger charge is -2.34. The van der Waals surface area contributed by atoms with Crippen LogP contribution in [0, 0.1) is 11.8 Å². The molecule has 0 amide bonds. The summed E-state index contributed by atoms with van der Waals surface area (Å²) in [6, 6.07) is 0. The summed E-state index contributed by atoms with van der Waals surface area (Å²) in [5.74, 6) is -1.36. The van der Waals surface area contributed by atoms with Crippen molar-refractivity contribution in [3.63, 3.8) is 0 Å². The van der Waals surface area contributed by atoms with Gasteiger partial charge in [0.2, 0.25) is 0 Å². The minimum Gasteiger partial charge on any atom is -0.382 e. The molecule has 0 aliphatic heterocycles. The van der Waals surface area contributed by atoms with Crippen molar-refractivity contribution in [1.29, 1.82) is 0 Å². The number of hydrogen-bond acceptors (Lipinski definition) is 4. The standard InChI is InChI=1S/C23H36O4/c1-15(2)9-7-10-16(3)11-8-12-17(4)13-14-19-18(5)20(24)23(27-6)22(26)21(19)25/h9,11,13,18-19,22-23,26H,7-8,10,12,14H2,1-6H3. The van der Waals surface area contributed by atoms with Gasteiger partial charge in [0.1, 0.15) is 12.2 Å². The topological polar surface area (TPSA) is 63.6 Å². The largest absolute Gasteiger partial charge is 0.382 e. The highest BCUT2D eigenvalue weighted by molar-refractivity contribution is 6.02. The molecule has 0 spiro atoms. The van der Waals surface area contributed by atoms with Crippen LogP contribution in [-0.4, -0.2) is 36.0 Å². The first kappa shape index (κ1) is 23.5. The summed E-state index contributed by atoms with van der Waals surface area (Å²) in [5.41, 5.74) is 3.96. The molecule has 1 rings (SSSR count). The van der Waals surface area contributed by atoms with Crippen LogP contribution in [0.4, 0.5) is 0 Å². The lowest BCUT2D eigenvalue weighted by Crippen LogP contribution is -2.53. The number of ketones is 2. The number of ether oxygens (including phenoxy) is 1. The average Bonchev–Trinajstić information content (AvgIpc) is 2.60. The van der Waals surface area contributed by atoms with Crippen molar-refractivity contribution in [2.24, 2.45) is 11.8 Å². The molecular formula is C23H36O4. The molecule has 1 N–H and O–H groups in total. The van der Waals surface area contributed by atoms with Crippen LogP contribution in [-0.2, 0) is 14.3 Å². The third kappa shape index (κ3) is 7.19. The van der Waals surface area contributed by atoms with Gasteiger partial charge in [0.25, 0.3) is 0 Å². The molecule has 0 aromatic rings. The van der Waals surface area contributed by atoms with Gasteiger partial charge in [-0.1, -0.05) is 41.9 Å². The van der Waals surface area contributed by atoms with Crippen molar-refractivity contribution in [1.82, 2.24) is 0 Å². The van der Waals surface area contributed by atoms with Crippen LogP contribution in [0.25, 0.3) is 0 Å². The zero-order valence-corrected chi connectivity index (χ0v) is 17.7. The Morgan fingerprint density at radius 3 is 2.07 bits per heavy atom. The Hall–Kier alpha value is -1.52. The van der Waals surface area contributed by atoms with Gasteiger partial charge in [-0.15, -0.1) is 0 Å². The maximum absolute atomic E-state index is 12.4. The van der Waals surface area contributed by atoms with Gasteiger partial charge in [-0.3, -0.25) is 9.59 Å². The fourth-order valence-corrected chi connectivity index (χ4v) is 3.46. The highest BCUT2D eigenvalue weighted by atomic mass is 16.5. The van der Waals surface area contributed by atoms with Gasteiger partial charge >= 0.3 is 0 Å². The summed E-state index contributed by atoms with van der Waals surface area (Å²) in [5, 5.41) is 10.0. The summed E-state index contributed by atoms with van der Waals surface area (Å²) in [6.45, 7) is 10.2. The lowest BCUT2D eigenvalue weighted by atomic mass is 9.73. The fourth-order valence-electron chi connectivity index (χ4n) is 3.46. The minimum atomic E-state index is -1.34.